The molecule has 0 saturated heterocycles. The summed E-state index contributed by atoms with van der Waals surface area (Å²) < 4.78 is 33.1. The molecule has 0 spiro atoms. The van der Waals surface area contributed by atoms with Crippen LogP contribution in [0.4, 0.5) is 5.69 Å². The smallest absolute Gasteiger partial charge is 0.298 e. The number of likely N-dealkylation sites (N-methyl/N-ethyl adjacent to an activating group) is 1. The van der Waals surface area contributed by atoms with Crippen molar-refractivity contribution >= 4 is 39.0 Å². The summed E-state index contributed by atoms with van der Waals surface area (Å²) in [5.74, 6) is -0.112. The van der Waals surface area contributed by atoms with Crippen LogP contribution >= 0.6 is 11.6 Å². The Bertz CT molecular complexity index is 1630. The number of rotatable bonds is 16. The van der Waals surface area contributed by atoms with Crippen LogP contribution in [0.2, 0.25) is 5.02 Å². The molecule has 11 heteroatoms. The molecule has 48 heavy (non-hydrogen) atoms. The topological polar surface area (TPSA) is 145 Å². The van der Waals surface area contributed by atoms with Crippen LogP contribution in [0.3, 0.4) is 0 Å². The number of unbranched alkanes of at least 4 members (excludes halogenated alkanes) is 12. The highest BCUT2D eigenvalue weighted by molar-refractivity contribution is 7.86. The average Bonchev–Trinajstić information content (AvgIpc) is 3.19. The average molecular weight is 700 g/mol. The summed E-state index contributed by atoms with van der Waals surface area (Å²) in [7, 11) is -2.80. The van der Waals surface area contributed by atoms with Crippen LogP contribution in [0.25, 0.3) is 0 Å². The van der Waals surface area contributed by atoms with Gasteiger partial charge in [-0.25, -0.2) is 4.99 Å². The minimum atomic E-state index is -4.56. The van der Waals surface area contributed by atoms with Gasteiger partial charge in [-0.1, -0.05) is 114 Å². The van der Waals surface area contributed by atoms with E-state index in [1.165, 1.54) is 63.9 Å². The Morgan fingerprint density at radius 1 is 0.833 bits per heavy atom. The first-order chi connectivity index (χ1) is 23.1. The summed E-state index contributed by atoms with van der Waals surface area (Å²) in [6, 6.07) is 17.3. The number of hydroxylamine groups is 1. The quantitative estimate of drug-likeness (QED) is 0.0384. The maximum Gasteiger partial charge on any atom is 0.298 e. The highest BCUT2D eigenvalue weighted by Gasteiger charge is 2.25. The van der Waals surface area contributed by atoms with E-state index in [1.807, 2.05) is 36.4 Å². The molecule has 0 atom stereocenters. The number of hydrogen-bond donors (Lipinski definition) is 4. The lowest BCUT2D eigenvalue weighted by Gasteiger charge is -2.11. The number of phenols is 2. The van der Waals surface area contributed by atoms with Gasteiger partial charge in [-0.2, -0.15) is 13.2 Å². The van der Waals surface area contributed by atoms with Crippen LogP contribution in [-0.2, 0) is 16.5 Å². The molecule has 4 rings (SSSR count). The standard InChI is InChI=1S/C21H36O5S.C16H14ClN3O/c1-2-3-4-5-6-7-8-9-10-11-12-13-14-15-18-19(22)16-17-20(23)21(18)27(24,25)26;1-18-15-10-20(21)16(11-5-3-2-4-6-11)13-9-12(17)7-8-14(13)19-15/h16-17,22-23H,2-15H2,1H3,(H,24,25,26);2-9H,10H2,1H3,(H,18,19). The van der Waals surface area contributed by atoms with Crippen molar-refractivity contribution in [1.29, 1.82) is 0 Å². The lowest BCUT2D eigenvalue weighted by molar-refractivity contribution is -0.439. The molecular weight excluding hydrogens is 650 g/mol. The molecule has 3 aromatic rings. The van der Waals surface area contributed by atoms with E-state index in [0.717, 1.165) is 46.9 Å². The second kappa shape index (κ2) is 20.0. The van der Waals surface area contributed by atoms with E-state index in [9.17, 15) is 28.4 Å². The van der Waals surface area contributed by atoms with Crippen molar-refractivity contribution in [1.82, 2.24) is 5.32 Å². The van der Waals surface area contributed by atoms with Crippen molar-refractivity contribution in [3.05, 3.63) is 87.6 Å². The van der Waals surface area contributed by atoms with Crippen molar-refractivity contribution in [3.8, 4) is 11.5 Å². The zero-order valence-corrected chi connectivity index (χ0v) is 29.7. The molecule has 0 fully saturated rings. The first-order valence-electron chi connectivity index (χ1n) is 17.0. The second-order valence-corrected chi connectivity index (χ2v) is 13.9. The largest absolute Gasteiger partial charge is 0.623 e. The Morgan fingerprint density at radius 2 is 1.40 bits per heavy atom. The summed E-state index contributed by atoms with van der Waals surface area (Å²) >= 11 is 6.10. The number of benzene rings is 3. The summed E-state index contributed by atoms with van der Waals surface area (Å²) in [5, 5.41) is 35.7. The molecule has 0 saturated carbocycles. The Hall–Kier alpha value is -3.60. The third kappa shape index (κ3) is 12.1. The second-order valence-electron chi connectivity index (χ2n) is 12.1. The van der Waals surface area contributed by atoms with Gasteiger partial charge >= 0.3 is 0 Å². The predicted octanol–water partition coefficient (Wildman–Crippen LogP) is 8.93. The Morgan fingerprint density at radius 3 is 1.96 bits per heavy atom. The van der Waals surface area contributed by atoms with Crippen LogP contribution in [0.15, 0.2) is 70.6 Å². The molecule has 4 N–H and O–H groups in total. The van der Waals surface area contributed by atoms with Gasteiger partial charge in [-0.3, -0.25) is 4.55 Å². The third-order valence-electron chi connectivity index (χ3n) is 8.35. The highest BCUT2D eigenvalue weighted by atomic mass is 35.5. The molecule has 0 amide bonds. The monoisotopic (exact) mass is 699 g/mol. The van der Waals surface area contributed by atoms with Crippen LogP contribution < -0.4 is 5.32 Å². The molecule has 0 bridgehead atoms. The maximum absolute atomic E-state index is 12.6. The fourth-order valence-corrected chi connectivity index (χ4v) is 6.83. The van der Waals surface area contributed by atoms with Gasteiger partial charge in [0.15, 0.2) is 5.84 Å². The first kappa shape index (κ1) is 38.8. The molecule has 0 radical (unpaired) electrons. The Labute approximate surface area is 290 Å². The summed E-state index contributed by atoms with van der Waals surface area (Å²) in [4.78, 5) is 3.94. The van der Waals surface area contributed by atoms with Gasteiger partial charge in [0.2, 0.25) is 12.3 Å². The molecule has 1 aliphatic rings. The number of nitrogens with one attached hydrogen (secondary N) is 1. The van der Waals surface area contributed by atoms with Crippen molar-refractivity contribution in [2.24, 2.45) is 4.99 Å². The van der Waals surface area contributed by atoms with Crippen LogP contribution in [0.5, 0.6) is 11.5 Å². The van der Waals surface area contributed by atoms with Crippen LogP contribution in [-0.4, -0.2) is 53.1 Å². The van der Waals surface area contributed by atoms with Gasteiger partial charge < -0.3 is 20.7 Å². The number of halogens is 1. The van der Waals surface area contributed by atoms with Gasteiger partial charge in [0.1, 0.15) is 16.4 Å². The van der Waals surface area contributed by atoms with E-state index in [1.54, 1.807) is 19.2 Å². The van der Waals surface area contributed by atoms with E-state index in [2.05, 4.69) is 17.2 Å². The lowest BCUT2D eigenvalue weighted by Crippen LogP contribution is -2.29. The van der Waals surface area contributed by atoms with Gasteiger partial charge in [-0.15, -0.1) is 0 Å². The number of nitrogens with zero attached hydrogens (tertiary/aromatic N) is 2. The summed E-state index contributed by atoms with van der Waals surface area (Å²) in [6.45, 7) is 2.41. The molecule has 262 valence electrons. The van der Waals surface area contributed by atoms with E-state index >= 15 is 0 Å². The third-order valence-corrected chi connectivity index (χ3v) is 9.56. The molecule has 1 heterocycles. The zero-order chi connectivity index (χ0) is 34.9. The Balaban J connectivity index is 0.000000267. The number of aromatic hydroxyl groups is 2. The maximum atomic E-state index is 12.6. The van der Waals surface area contributed by atoms with Crippen molar-refractivity contribution < 1.29 is 27.9 Å². The predicted molar refractivity (Wildman–Crippen MR) is 195 cm³/mol. The minimum Gasteiger partial charge on any atom is -0.623 e. The van der Waals surface area contributed by atoms with Gasteiger partial charge in [0.25, 0.3) is 10.1 Å². The van der Waals surface area contributed by atoms with Crippen LogP contribution in [0, 0.1) is 5.21 Å². The van der Waals surface area contributed by atoms with Crippen molar-refractivity contribution in [2.75, 3.05) is 13.6 Å². The number of amidine groups is 1. The number of hydrogen-bond acceptors (Lipinski definition) is 7. The van der Waals surface area contributed by atoms with Gasteiger partial charge in [0.05, 0.1) is 11.3 Å². The minimum absolute atomic E-state index is 0.0978. The SMILES string of the molecule is CCCCCCCCCCCCCCCc1c(O)ccc(O)c1S(=O)(=O)O.CNC1=Nc2ccc(Cl)cc2C(c2ccccc2)=[N+]([O-])C1. The summed E-state index contributed by atoms with van der Waals surface area (Å²) in [5.41, 5.74) is 3.01. The van der Waals surface area contributed by atoms with Gasteiger partial charge in [0, 0.05) is 23.2 Å². The number of fused-ring (bicyclic) bond motifs is 1. The van der Waals surface area contributed by atoms with Crippen LogP contribution in [0.1, 0.15) is 107 Å². The highest BCUT2D eigenvalue weighted by Crippen LogP contribution is 2.34. The lowest BCUT2D eigenvalue weighted by atomic mass is 10.0. The number of phenolic OH excluding ortho intramolecular Hbond substituents is 2. The van der Waals surface area contributed by atoms with E-state index in [-0.39, 0.29) is 17.9 Å². The molecule has 3 aromatic carbocycles. The van der Waals surface area contributed by atoms with Crippen molar-refractivity contribution in [2.45, 2.75) is 102 Å². The molecule has 0 aliphatic carbocycles. The summed E-state index contributed by atoms with van der Waals surface area (Å²) in [6.07, 6.45) is 16.0. The van der Waals surface area contributed by atoms with E-state index < -0.39 is 20.8 Å². The molecule has 1 aliphatic heterocycles. The fourth-order valence-electron chi connectivity index (χ4n) is 5.81. The normalized spacial score (nSPS) is 12.9. The number of aliphatic imine (C=N–C) groups is 1. The first-order valence-corrected chi connectivity index (χ1v) is 18.8. The van der Waals surface area contributed by atoms with Crippen molar-refractivity contribution in [3.63, 3.8) is 0 Å². The molecular formula is C37H50ClN3O6S. The molecule has 0 aromatic heterocycles. The fraction of sp³-hybridized carbons (Fsp3) is 0.459. The zero-order valence-electron chi connectivity index (χ0n) is 28.1. The van der Waals surface area contributed by atoms with E-state index in [4.69, 9.17) is 11.6 Å². The molecule has 0 unspecified atom stereocenters. The Kier molecular flexibility index (Phi) is 16.2. The van der Waals surface area contributed by atoms with Gasteiger partial charge in [-0.05, 0) is 55.3 Å². The molecule has 9 nitrogen and oxygen atoms in total. The van der Waals surface area contributed by atoms with E-state index in [0.29, 0.717) is 29.4 Å².